The zero-order valence-electron chi connectivity index (χ0n) is 13.2. The topological polar surface area (TPSA) is 87.4 Å². The molecule has 4 N–H and O–H groups in total. The maximum Gasteiger partial charge on any atom is 0.101 e. The van der Waals surface area contributed by atoms with Gasteiger partial charge in [-0.3, -0.25) is 5.01 Å². The summed E-state index contributed by atoms with van der Waals surface area (Å²) in [6, 6.07) is 17.5. The molecule has 24 heavy (non-hydrogen) atoms. The Labute approximate surface area is 140 Å². The van der Waals surface area contributed by atoms with Crippen LogP contribution >= 0.6 is 0 Å². The van der Waals surface area contributed by atoms with Gasteiger partial charge in [-0.05, 0) is 24.3 Å². The lowest BCUT2D eigenvalue weighted by Crippen LogP contribution is -2.52. The van der Waals surface area contributed by atoms with Crippen LogP contribution in [0.4, 0.5) is 11.4 Å². The van der Waals surface area contributed by atoms with Gasteiger partial charge in [-0.1, -0.05) is 36.4 Å². The number of hydrogen-bond donors (Lipinski definition) is 4. The van der Waals surface area contributed by atoms with E-state index in [1.54, 1.807) is 5.01 Å². The van der Waals surface area contributed by atoms with E-state index < -0.39 is 24.3 Å². The van der Waals surface area contributed by atoms with Crippen molar-refractivity contribution in [1.82, 2.24) is 5.01 Å². The fourth-order valence-electron chi connectivity index (χ4n) is 3.25. The SMILES string of the molecule is OC[C@@H]1[C@@H](O)[C@H](O)[C@H](CO)N1N(c1ccccc1)c1ccccc1. The average Bonchev–Trinajstić information content (AvgIpc) is 2.87. The van der Waals surface area contributed by atoms with Crippen LogP contribution in [0, 0.1) is 0 Å². The molecule has 6 heteroatoms. The van der Waals surface area contributed by atoms with Crippen LogP contribution in [-0.2, 0) is 0 Å². The molecule has 0 amide bonds. The van der Waals surface area contributed by atoms with Gasteiger partial charge in [0.1, 0.15) is 12.2 Å². The van der Waals surface area contributed by atoms with Gasteiger partial charge in [0.25, 0.3) is 0 Å². The smallest absolute Gasteiger partial charge is 0.101 e. The fraction of sp³-hybridized carbons (Fsp3) is 0.333. The average molecular weight is 330 g/mol. The second kappa shape index (κ2) is 7.29. The molecule has 128 valence electrons. The van der Waals surface area contributed by atoms with Gasteiger partial charge in [-0.25, -0.2) is 5.01 Å². The van der Waals surface area contributed by atoms with E-state index in [1.807, 2.05) is 65.7 Å². The van der Waals surface area contributed by atoms with E-state index in [1.165, 1.54) is 0 Å². The van der Waals surface area contributed by atoms with E-state index in [4.69, 9.17) is 0 Å². The Hall–Kier alpha value is -1.96. The summed E-state index contributed by atoms with van der Waals surface area (Å²) < 4.78 is 0. The molecule has 0 aromatic heterocycles. The van der Waals surface area contributed by atoms with Crippen LogP contribution < -0.4 is 5.01 Å². The predicted octanol–water partition coefficient (Wildman–Crippen LogP) is 0.499. The Morgan fingerprint density at radius 2 is 1.08 bits per heavy atom. The van der Waals surface area contributed by atoms with Crippen molar-refractivity contribution < 1.29 is 20.4 Å². The lowest BCUT2D eigenvalue weighted by Gasteiger charge is -2.40. The van der Waals surface area contributed by atoms with Gasteiger partial charge in [0.15, 0.2) is 0 Å². The van der Waals surface area contributed by atoms with E-state index in [-0.39, 0.29) is 13.2 Å². The Morgan fingerprint density at radius 3 is 1.42 bits per heavy atom. The summed E-state index contributed by atoms with van der Waals surface area (Å²) in [7, 11) is 0. The van der Waals surface area contributed by atoms with Crippen molar-refractivity contribution in [3.63, 3.8) is 0 Å². The van der Waals surface area contributed by atoms with Crippen molar-refractivity contribution in [1.29, 1.82) is 0 Å². The normalized spacial score (nSPS) is 27.3. The number of benzene rings is 2. The molecule has 1 saturated heterocycles. The molecule has 0 unspecified atom stereocenters. The van der Waals surface area contributed by atoms with Gasteiger partial charge in [0.2, 0.25) is 0 Å². The highest BCUT2D eigenvalue weighted by atomic mass is 16.3. The van der Waals surface area contributed by atoms with E-state index in [2.05, 4.69) is 0 Å². The highest BCUT2D eigenvalue weighted by Gasteiger charge is 2.50. The molecule has 1 aliphatic heterocycles. The summed E-state index contributed by atoms with van der Waals surface area (Å²) in [5.41, 5.74) is 1.61. The Morgan fingerprint density at radius 1 is 0.708 bits per heavy atom. The first-order valence-corrected chi connectivity index (χ1v) is 7.95. The molecule has 0 spiro atoms. The predicted molar refractivity (Wildman–Crippen MR) is 90.6 cm³/mol. The summed E-state index contributed by atoms with van der Waals surface area (Å²) in [5, 5.41) is 43.6. The molecule has 4 atom stereocenters. The van der Waals surface area contributed by atoms with Gasteiger partial charge in [0.05, 0.1) is 36.7 Å². The Bertz CT molecular complexity index is 584. The first kappa shape index (κ1) is 16.9. The van der Waals surface area contributed by atoms with Crippen molar-refractivity contribution in [2.24, 2.45) is 0 Å². The van der Waals surface area contributed by atoms with Gasteiger partial charge in [0, 0.05) is 0 Å². The molecule has 0 radical (unpaired) electrons. The molecule has 1 fully saturated rings. The van der Waals surface area contributed by atoms with Gasteiger partial charge in [-0.15, -0.1) is 0 Å². The van der Waals surface area contributed by atoms with Gasteiger partial charge >= 0.3 is 0 Å². The summed E-state index contributed by atoms with van der Waals surface area (Å²) in [4.78, 5) is 0. The van der Waals surface area contributed by atoms with Crippen molar-refractivity contribution in [2.45, 2.75) is 24.3 Å². The number of aliphatic hydroxyl groups excluding tert-OH is 4. The van der Waals surface area contributed by atoms with Crippen molar-refractivity contribution in [2.75, 3.05) is 18.2 Å². The molecule has 2 aromatic rings. The molecule has 1 heterocycles. The fourth-order valence-corrected chi connectivity index (χ4v) is 3.25. The second-order valence-corrected chi connectivity index (χ2v) is 5.84. The van der Waals surface area contributed by atoms with Crippen LogP contribution in [0.5, 0.6) is 0 Å². The van der Waals surface area contributed by atoms with Crippen molar-refractivity contribution in [3.8, 4) is 0 Å². The third-order valence-electron chi connectivity index (χ3n) is 4.42. The van der Waals surface area contributed by atoms with Crippen LogP contribution in [0.15, 0.2) is 60.7 Å². The quantitative estimate of drug-likeness (QED) is 0.639. The zero-order valence-corrected chi connectivity index (χ0v) is 13.2. The molecule has 0 saturated carbocycles. The summed E-state index contributed by atoms with van der Waals surface area (Å²) in [6.45, 7) is -0.685. The Balaban J connectivity index is 2.10. The lowest BCUT2D eigenvalue weighted by atomic mass is 10.1. The van der Waals surface area contributed by atoms with E-state index in [0.717, 1.165) is 11.4 Å². The standard InChI is InChI=1S/C18H22N2O4/c21-11-15-17(23)18(24)16(12-22)20(15)19(13-7-3-1-4-8-13)14-9-5-2-6-10-14/h1-10,15-18,21-24H,11-12H2/t15-,16+,17-,18-/m1/s1. The summed E-state index contributed by atoms with van der Waals surface area (Å²) in [6.07, 6.45) is -2.30. The third-order valence-corrected chi connectivity index (χ3v) is 4.42. The minimum absolute atomic E-state index is 0.342. The van der Waals surface area contributed by atoms with Crippen LogP contribution in [0.2, 0.25) is 0 Å². The number of para-hydroxylation sites is 2. The molecule has 3 rings (SSSR count). The van der Waals surface area contributed by atoms with Gasteiger partial charge in [-0.2, -0.15) is 0 Å². The highest BCUT2D eigenvalue weighted by Crippen LogP contribution is 2.35. The number of aliphatic hydroxyl groups is 4. The molecule has 0 aliphatic carbocycles. The maximum atomic E-state index is 10.3. The minimum Gasteiger partial charge on any atom is -0.395 e. The van der Waals surface area contributed by atoms with Crippen molar-refractivity contribution >= 4 is 11.4 Å². The maximum absolute atomic E-state index is 10.3. The highest BCUT2D eigenvalue weighted by molar-refractivity contribution is 5.62. The largest absolute Gasteiger partial charge is 0.395 e. The van der Waals surface area contributed by atoms with Crippen LogP contribution in [-0.4, -0.2) is 62.9 Å². The zero-order chi connectivity index (χ0) is 17.1. The first-order chi connectivity index (χ1) is 11.7. The minimum atomic E-state index is -1.15. The molecule has 1 aliphatic rings. The Kier molecular flexibility index (Phi) is 5.13. The number of anilines is 2. The van der Waals surface area contributed by atoms with Crippen LogP contribution in [0.1, 0.15) is 0 Å². The molecule has 2 aromatic carbocycles. The molecular formula is C18H22N2O4. The number of nitrogens with zero attached hydrogens (tertiary/aromatic N) is 2. The number of hydrogen-bond acceptors (Lipinski definition) is 6. The lowest BCUT2D eigenvalue weighted by molar-refractivity contribution is 0.0130. The number of hydrazine groups is 1. The molecule has 0 bridgehead atoms. The number of rotatable bonds is 5. The molecular weight excluding hydrogens is 308 g/mol. The van der Waals surface area contributed by atoms with Crippen molar-refractivity contribution in [3.05, 3.63) is 60.7 Å². The van der Waals surface area contributed by atoms with Crippen LogP contribution in [0.25, 0.3) is 0 Å². The second-order valence-electron chi connectivity index (χ2n) is 5.84. The summed E-state index contributed by atoms with van der Waals surface area (Å²) in [5.74, 6) is 0. The van der Waals surface area contributed by atoms with E-state index >= 15 is 0 Å². The summed E-state index contributed by atoms with van der Waals surface area (Å²) >= 11 is 0. The van der Waals surface area contributed by atoms with Gasteiger partial charge < -0.3 is 20.4 Å². The first-order valence-electron chi connectivity index (χ1n) is 7.95. The van der Waals surface area contributed by atoms with E-state index in [9.17, 15) is 20.4 Å². The monoisotopic (exact) mass is 330 g/mol. The van der Waals surface area contributed by atoms with Crippen LogP contribution in [0.3, 0.4) is 0 Å². The molecule has 6 nitrogen and oxygen atoms in total. The third kappa shape index (κ3) is 2.90. The van der Waals surface area contributed by atoms with E-state index in [0.29, 0.717) is 0 Å².